The van der Waals surface area contributed by atoms with Gasteiger partial charge in [0.15, 0.2) is 0 Å². The van der Waals surface area contributed by atoms with Crippen LogP contribution >= 0.6 is 0 Å². The van der Waals surface area contributed by atoms with Crippen molar-refractivity contribution in [2.24, 2.45) is 11.5 Å². The molecule has 1 aromatic heterocycles. The molecule has 0 unspecified atom stereocenters. The molecule has 0 saturated carbocycles. The maximum atomic E-state index is 5.76. The van der Waals surface area contributed by atoms with Gasteiger partial charge in [0.2, 0.25) is 0 Å². The fourth-order valence-corrected chi connectivity index (χ4v) is 0.923. The van der Waals surface area contributed by atoms with Crippen LogP contribution in [0.3, 0.4) is 0 Å². The Labute approximate surface area is 66.4 Å². The average Bonchev–Trinajstić information content (AvgIpc) is 2.07. The largest absolute Gasteiger partial charge is 0.330 e. The summed E-state index contributed by atoms with van der Waals surface area (Å²) in [6.07, 6.45) is 2.53. The van der Waals surface area contributed by atoms with Crippen LogP contribution in [0.4, 0.5) is 0 Å². The number of hydrogen-bond acceptors (Lipinski definition) is 3. The SMILES string of the molecule is NCC[C@@H](N)c1ccccn1. The Hall–Kier alpha value is -0.930. The number of pyridine rings is 1. The van der Waals surface area contributed by atoms with Gasteiger partial charge in [0.05, 0.1) is 5.69 Å². The van der Waals surface area contributed by atoms with Gasteiger partial charge in [-0.2, -0.15) is 0 Å². The average molecular weight is 151 g/mol. The lowest BCUT2D eigenvalue weighted by Gasteiger charge is -2.07. The third-order valence-electron chi connectivity index (χ3n) is 1.55. The van der Waals surface area contributed by atoms with Gasteiger partial charge in [0.1, 0.15) is 0 Å². The highest BCUT2D eigenvalue weighted by molar-refractivity contribution is 5.07. The molecule has 0 radical (unpaired) electrons. The second kappa shape index (κ2) is 4.05. The summed E-state index contributed by atoms with van der Waals surface area (Å²) in [7, 11) is 0. The predicted octanol–water partition coefficient (Wildman–Crippen LogP) is 0.430. The zero-order valence-corrected chi connectivity index (χ0v) is 6.40. The van der Waals surface area contributed by atoms with E-state index in [-0.39, 0.29) is 6.04 Å². The topological polar surface area (TPSA) is 64.9 Å². The number of hydrogen-bond donors (Lipinski definition) is 2. The Kier molecular flexibility index (Phi) is 3.01. The lowest BCUT2D eigenvalue weighted by Crippen LogP contribution is -2.16. The van der Waals surface area contributed by atoms with E-state index in [4.69, 9.17) is 11.5 Å². The molecule has 0 aromatic carbocycles. The van der Waals surface area contributed by atoms with Gasteiger partial charge >= 0.3 is 0 Å². The Morgan fingerprint density at radius 2 is 2.27 bits per heavy atom. The first-order valence-electron chi connectivity index (χ1n) is 3.71. The van der Waals surface area contributed by atoms with Crippen molar-refractivity contribution in [2.75, 3.05) is 6.54 Å². The fraction of sp³-hybridized carbons (Fsp3) is 0.375. The molecule has 0 aliphatic carbocycles. The van der Waals surface area contributed by atoms with Crippen LogP contribution in [-0.2, 0) is 0 Å². The Morgan fingerprint density at radius 1 is 1.45 bits per heavy atom. The van der Waals surface area contributed by atoms with Gasteiger partial charge in [-0.25, -0.2) is 0 Å². The van der Waals surface area contributed by atoms with Crippen LogP contribution in [0.2, 0.25) is 0 Å². The number of nitrogens with two attached hydrogens (primary N) is 2. The van der Waals surface area contributed by atoms with E-state index in [1.807, 2.05) is 18.2 Å². The van der Waals surface area contributed by atoms with Gasteiger partial charge in [0.25, 0.3) is 0 Å². The van der Waals surface area contributed by atoms with E-state index in [1.54, 1.807) is 6.20 Å². The van der Waals surface area contributed by atoms with Crippen LogP contribution in [-0.4, -0.2) is 11.5 Å². The highest BCUT2D eigenvalue weighted by atomic mass is 14.8. The molecule has 4 N–H and O–H groups in total. The van der Waals surface area contributed by atoms with E-state index in [1.165, 1.54) is 0 Å². The van der Waals surface area contributed by atoms with E-state index in [9.17, 15) is 0 Å². The standard InChI is InChI=1S/C8H13N3/c9-5-4-7(10)8-3-1-2-6-11-8/h1-3,6-7H,4-5,9-10H2/t7-/m1/s1. The minimum atomic E-state index is -0.0128. The second-order valence-corrected chi connectivity index (χ2v) is 2.44. The van der Waals surface area contributed by atoms with Crippen LogP contribution in [0, 0.1) is 0 Å². The fourth-order valence-electron chi connectivity index (χ4n) is 0.923. The zero-order chi connectivity index (χ0) is 8.10. The smallest absolute Gasteiger partial charge is 0.0571 e. The summed E-state index contributed by atoms with van der Waals surface area (Å²) < 4.78 is 0. The molecule has 3 heteroatoms. The first-order chi connectivity index (χ1) is 5.34. The molecular formula is C8H13N3. The van der Waals surface area contributed by atoms with Crippen molar-refractivity contribution in [1.29, 1.82) is 0 Å². The summed E-state index contributed by atoms with van der Waals surface area (Å²) in [6.45, 7) is 0.609. The van der Waals surface area contributed by atoms with Crippen LogP contribution in [0.15, 0.2) is 24.4 Å². The molecule has 1 heterocycles. The summed E-state index contributed by atoms with van der Waals surface area (Å²) >= 11 is 0. The molecule has 0 bridgehead atoms. The molecule has 0 aliphatic heterocycles. The Balaban J connectivity index is 2.61. The van der Waals surface area contributed by atoms with Crippen LogP contribution in [0.1, 0.15) is 18.2 Å². The summed E-state index contributed by atoms with van der Waals surface area (Å²) in [5, 5.41) is 0. The van der Waals surface area contributed by atoms with Crippen molar-refractivity contribution < 1.29 is 0 Å². The van der Waals surface area contributed by atoms with Gasteiger partial charge in [0, 0.05) is 12.2 Å². The maximum absolute atomic E-state index is 5.76. The molecule has 0 spiro atoms. The molecule has 1 aromatic rings. The highest BCUT2D eigenvalue weighted by Gasteiger charge is 2.03. The third-order valence-corrected chi connectivity index (χ3v) is 1.55. The van der Waals surface area contributed by atoms with Crippen LogP contribution in [0.5, 0.6) is 0 Å². The first-order valence-corrected chi connectivity index (χ1v) is 3.71. The molecule has 3 nitrogen and oxygen atoms in total. The van der Waals surface area contributed by atoms with Crippen molar-refractivity contribution in [3.05, 3.63) is 30.1 Å². The lowest BCUT2D eigenvalue weighted by molar-refractivity contribution is 0.643. The zero-order valence-electron chi connectivity index (χ0n) is 6.40. The molecule has 1 atom stereocenters. The Morgan fingerprint density at radius 3 is 2.82 bits per heavy atom. The van der Waals surface area contributed by atoms with Gasteiger partial charge in [-0.05, 0) is 25.1 Å². The highest BCUT2D eigenvalue weighted by Crippen LogP contribution is 2.08. The number of rotatable bonds is 3. The summed E-state index contributed by atoms with van der Waals surface area (Å²) in [4.78, 5) is 4.12. The number of nitrogens with zero attached hydrogens (tertiary/aromatic N) is 1. The van der Waals surface area contributed by atoms with E-state index < -0.39 is 0 Å². The predicted molar refractivity (Wildman–Crippen MR) is 44.8 cm³/mol. The van der Waals surface area contributed by atoms with Gasteiger partial charge in [-0.3, -0.25) is 4.98 Å². The van der Waals surface area contributed by atoms with Gasteiger partial charge in [-0.15, -0.1) is 0 Å². The molecule has 0 fully saturated rings. The molecule has 11 heavy (non-hydrogen) atoms. The molecule has 0 amide bonds. The van der Waals surface area contributed by atoms with Gasteiger partial charge in [-0.1, -0.05) is 6.07 Å². The van der Waals surface area contributed by atoms with E-state index in [0.29, 0.717) is 6.54 Å². The minimum Gasteiger partial charge on any atom is -0.330 e. The second-order valence-electron chi connectivity index (χ2n) is 2.44. The maximum Gasteiger partial charge on any atom is 0.0571 e. The van der Waals surface area contributed by atoms with Crippen LogP contribution < -0.4 is 11.5 Å². The quantitative estimate of drug-likeness (QED) is 0.658. The Bertz CT molecular complexity index is 198. The minimum absolute atomic E-state index is 0.0128. The van der Waals surface area contributed by atoms with Crippen molar-refractivity contribution in [3.8, 4) is 0 Å². The number of aromatic nitrogens is 1. The molecule has 60 valence electrons. The summed E-state index contributed by atoms with van der Waals surface area (Å²) in [5.41, 5.74) is 12.0. The molecular weight excluding hydrogens is 138 g/mol. The van der Waals surface area contributed by atoms with Crippen LogP contribution in [0.25, 0.3) is 0 Å². The van der Waals surface area contributed by atoms with Crippen molar-refractivity contribution in [1.82, 2.24) is 4.98 Å². The van der Waals surface area contributed by atoms with E-state index >= 15 is 0 Å². The molecule has 1 rings (SSSR count). The lowest BCUT2D eigenvalue weighted by atomic mass is 10.1. The first kappa shape index (κ1) is 8.17. The van der Waals surface area contributed by atoms with Gasteiger partial charge < -0.3 is 11.5 Å². The third kappa shape index (κ3) is 2.29. The summed E-state index contributed by atoms with van der Waals surface area (Å²) in [6, 6.07) is 5.71. The monoisotopic (exact) mass is 151 g/mol. The van der Waals surface area contributed by atoms with Crippen molar-refractivity contribution >= 4 is 0 Å². The van der Waals surface area contributed by atoms with E-state index in [0.717, 1.165) is 12.1 Å². The van der Waals surface area contributed by atoms with Crippen molar-refractivity contribution in [3.63, 3.8) is 0 Å². The normalized spacial score (nSPS) is 12.9. The summed E-state index contributed by atoms with van der Waals surface area (Å²) in [5.74, 6) is 0. The molecule has 0 aliphatic rings. The molecule has 0 saturated heterocycles. The van der Waals surface area contributed by atoms with E-state index in [2.05, 4.69) is 4.98 Å². The van der Waals surface area contributed by atoms with Crippen molar-refractivity contribution in [2.45, 2.75) is 12.5 Å².